The van der Waals surface area contributed by atoms with Crippen molar-refractivity contribution in [3.05, 3.63) is 12.2 Å². The van der Waals surface area contributed by atoms with Crippen LogP contribution in [0.1, 0.15) is 19.2 Å². The Hall–Kier alpha value is -0.610. The fraction of sp³-hybridized carbons (Fsp3) is 0.800. The summed E-state index contributed by atoms with van der Waals surface area (Å²) in [4.78, 5) is 6.64. The average Bonchev–Trinajstić information content (AvgIpc) is 2.76. The van der Waals surface area contributed by atoms with Crippen LogP contribution in [0.2, 0.25) is 0 Å². The van der Waals surface area contributed by atoms with Crippen molar-refractivity contribution < 1.29 is 0 Å². The van der Waals surface area contributed by atoms with Gasteiger partial charge < -0.3 is 0 Å². The van der Waals surface area contributed by atoms with Gasteiger partial charge >= 0.3 is 0 Å². The second-order valence-corrected chi connectivity index (χ2v) is 4.57. The number of hydrogen-bond donors (Lipinski definition) is 0. The predicted octanol–water partition coefficient (Wildman–Crippen LogP) is 1.26. The van der Waals surface area contributed by atoms with Gasteiger partial charge in [0.05, 0.1) is 6.54 Å². The lowest BCUT2D eigenvalue weighted by molar-refractivity contribution is 0.233. The second-order valence-electron chi connectivity index (χ2n) is 4.26. The summed E-state index contributed by atoms with van der Waals surface area (Å²) in [5.74, 6) is 2.41. The van der Waals surface area contributed by atoms with E-state index in [1.807, 2.05) is 11.7 Å². The third kappa shape index (κ3) is 2.16. The van der Waals surface area contributed by atoms with Gasteiger partial charge in [0.1, 0.15) is 12.2 Å². The number of aryl methyl sites for hydroxylation is 1. The van der Waals surface area contributed by atoms with Crippen molar-refractivity contribution in [2.75, 3.05) is 12.4 Å². The predicted molar refractivity (Wildman–Crippen MR) is 59.7 cm³/mol. The smallest absolute Gasteiger partial charge is 0.140 e. The third-order valence-electron chi connectivity index (χ3n) is 3.31. The minimum atomic E-state index is 0.489. The number of aromatic nitrogens is 3. The Bertz CT molecular complexity index is 325. The van der Waals surface area contributed by atoms with Crippen LogP contribution in [0.25, 0.3) is 0 Å². The summed E-state index contributed by atoms with van der Waals surface area (Å²) in [6.45, 7) is 4.24. The van der Waals surface area contributed by atoms with E-state index >= 15 is 0 Å². The molecule has 2 heterocycles. The molecule has 1 fully saturated rings. The van der Waals surface area contributed by atoms with E-state index < -0.39 is 0 Å². The molecule has 0 aliphatic carbocycles. The molecule has 0 N–H and O–H groups in total. The summed E-state index contributed by atoms with van der Waals surface area (Å²) >= 11 is 5.99. The van der Waals surface area contributed by atoms with Gasteiger partial charge in [-0.2, -0.15) is 5.10 Å². The van der Waals surface area contributed by atoms with Crippen molar-refractivity contribution in [1.82, 2.24) is 19.7 Å². The van der Waals surface area contributed by atoms with Crippen molar-refractivity contribution >= 4 is 11.6 Å². The van der Waals surface area contributed by atoms with Gasteiger partial charge in [-0.15, -0.1) is 11.6 Å². The van der Waals surface area contributed by atoms with Gasteiger partial charge in [-0.1, -0.05) is 6.92 Å². The number of alkyl halides is 1. The number of rotatable bonds is 3. The summed E-state index contributed by atoms with van der Waals surface area (Å²) in [5, 5.41) is 4.07. The maximum absolute atomic E-state index is 5.99. The van der Waals surface area contributed by atoms with Gasteiger partial charge in [0.25, 0.3) is 0 Å². The Morgan fingerprint density at radius 3 is 3.00 bits per heavy atom. The number of nitrogens with zero attached hydrogens (tertiary/aromatic N) is 4. The molecule has 2 rings (SSSR count). The van der Waals surface area contributed by atoms with Crippen molar-refractivity contribution in [3.8, 4) is 0 Å². The lowest BCUT2D eigenvalue weighted by Crippen LogP contribution is -2.34. The minimum absolute atomic E-state index is 0.489. The standard InChI is InChI=1S/C10H17ClN4/c1-8-3-4-15(9(8)5-11)6-10-12-7-13-14(10)2/h7-9H,3-6H2,1-2H3. The zero-order valence-electron chi connectivity index (χ0n) is 9.23. The zero-order valence-corrected chi connectivity index (χ0v) is 9.98. The van der Waals surface area contributed by atoms with E-state index in [0.717, 1.165) is 18.9 Å². The van der Waals surface area contributed by atoms with Crippen LogP contribution in [-0.2, 0) is 13.6 Å². The molecule has 1 saturated heterocycles. The largest absolute Gasteiger partial charge is 0.291 e. The Kier molecular flexibility index (Phi) is 3.26. The maximum atomic E-state index is 5.99. The molecule has 1 aliphatic heterocycles. The van der Waals surface area contributed by atoms with Crippen LogP contribution in [0, 0.1) is 5.92 Å². The third-order valence-corrected chi connectivity index (χ3v) is 3.62. The van der Waals surface area contributed by atoms with E-state index in [4.69, 9.17) is 11.6 Å². The summed E-state index contributed by atoms with van der Waals surface area (Å²) in [5.41, 5.74) is 0. The van der Waals surface area contributed by atoms with E-state index in [9.17, 15) is 0 Å². The molecular formula is C10H17ClN4. The van der Waals surface area contributed by atoms with E-state index in [0.29, 0.717) is 17.8 Å². The SMILES string of the molecule is CC1CCN(Cc2ncnn2C)C1CCl. The lowest BCUT2D eigenvalue weighted by Gasteiger charge is -2.24. The first-order chi connectivity index (χ1) is 7.22. The zero-order chi connectivity index (χ0) is 10.8. The highest BCUT2D eigenvalue weighted by atomic mass is 35.5. The fourth-order valence-corrected chi connectivity index (χ4v) is 2.68. The van der Waals surface area contributed by atoms with Gasteiger partial charge in [0.2, 0.25) is 0 Å². The lowest BCUT2D eigenvalue weighted by atomic mass is 10.1. The highest BCUT2D eigenvalue weighted by Gasteiger charge is 2.30. The van der Waals surface area contributed by atoms with E-state index in [-0.39, 0.29) is 0 Å². The monoisotopic (exact) mass is 228 g/mol. The van der Waals surface area contributed by atoms with Crippen molar-refractivity contribution in [2.45, 2.75) is 25.9 Å². The second kappa shape index (κ2) is 4.49. The molecule has 0 amide bonds. The number of hydrogen-bond acceptors (Lipinski definition) is 3. The summed E-state index contributed by atoms with van der Waals surface area (Å²) in [7, 11) is 1.93. The van der Waals surface area contributed by atoms with Gasteiger partial charge in [-0.3, -0.25) is 9.58 Å². The molecule has 2 atom stereocenters. The molecule has 0 spiro atoms. The Labute approximate surface area is 95.2 Å². The van der Waals surface area contributed by atoms with Gasteiger partial charge in [0, 0.05) is 19.0 Å². The fourth-order valence-electron chi connectivity index (χ4n) is 2.18. The molecule has 2 unspecified atom stereocenters. The molecule has 15 heavy (non-hydrogen) atoms. The van der Waals surface area contributed by atoms with Gasteiger partial charge in [-0.05, 0) is 18.9 Å². The molecule has 5 heteroatoms. The van der Waals surface area contributed by atoms with Crippen molar-refractivity contribution in [1.29, 1.82) is 0 Å². The molecule has 1 aromatic heterocycles. The summed E-state index contributed by atoms with van der Waals surface area (Å²) in [6.07, 6.45) is 2.83. The first-order valence-corrected chi connectivity index (χ1v) is 5.88. The first-order valence-electron chi connectivity index (χ1n) is 5.35. The van der Waals surface area contributed by atoms with Crippen molar-refractivity contribution in [2.24, 2.45) is 13.0 Å². The van der Waals surface area contributed by atoms with Crippen LogP contribution in [0.4, 0.5) is 0 Å². The van der Waals surface area contributed by atoms with Crippen LogP contribution < -0.4 is 0 Å². The molecule has 1 aliphatic rings. The van der Waals surface area contributed by atoms with Gasteiger partial charge in [-0.25, -0.2) is 4.98 Å². The van der Waals surface area contributed by atoms with E-state index in [1.165, 1.54) is 6.42 Å². The van der Waals surface area contributed by atoms with Crippen LogP contribution >= 0.6 is 11.6 Å². The minimum Gasteiger partial charge on any atom is -0.291 e. The normalized spacial score (nSPS) is 27.4. The average molecular weight is 229 g/mol. The molecule has 84 valence electrons. The Morgan fingerprint density at radius 2 is 2.40 bits per heavy atom. The molecule has 0 radical (unpaired) electrons. The molecule has 1 aromatic rings. The van der Waals surface area contributed by atoms with Gasteiger partial charge in [0.15, 0.2) is 0 Å². The quantitative estimate of drug-likeness (QED) is 0.731. The molecular weight excluding hydrogens is 212 g/mol. The van der Waals surface area contributed by atoms with E-state index in [2.05, 4.69) is 21.9 Å². The highest BCUT2D eigenvalue weighted by Crippen LogP contribution is 2.25. The topological polar surface area (TPSA) is 34.0 Å². The maximum Gasteiger partial charge on any atom is 0.140 e. The first kappa shape index (κ1) is 10.9. The van der Waals surface area contributed by atoms with Crippen LogP contribution in [0.3, 0.4) is 0 Å². The summed E-state index contributed by atoms with van der Waals surface area (Å²) < 4.78 is 1.83. The Morgan fingerprint density at radius 1 is 1.60 bits per heavy atom. The summed E-state index contributed by atoms with van der Waals surface area (Å²) in [6, 6.07) is 0.489. The van der Waals surface area contributed by atoms with Crippen LogP contribution in [0.5, 0.6) is 0 Å². The van der Waals surface area contributed by atoms with E-state index in [1.54, 1.807) is 6.33 Å². The van der Waals surface area contributed by atoms with Crippen LogP contribution in [-0.4, -0.2) is 38.1 Å². The molecule has 0 saturated carbocycles. The number of halogens is 1. The molecule has 0 bridgehead atoms. The van der Waals surface area contributed by atoms with Crippen LogP contribution in [0.15, 0.2) is 6.33 Å². The highest BCUT2D eigenvalue weighted by molar-refractivity contribution is 6.18. The molecule has 4 nitrogen and oxygen atoms in total. The van der Waals surface area contributed by atoms with Crippen molar-refractivity contribution in [3.63, 3.8) is 0 Å². The Balaban J connectivity index is 2.03. The number of likely N-dealkylation sites (tertiary alicyclic amines) is 1. The molecule has 0 aromatic carbocycles.